The summed E-state index contributed by atoms with van der Waals surface area (Å²) in [7, 11) is 0. The largest absolute Gasteiger partial charge is 0.377 e. The zero-order valence-electron chi connectivity index (χ0n) is 16.7. The summed E-state index contributed by atoms with van der Waals surface area (Å²) in [5.41, 5.74) is 5.55. The molecule has 0 spiro atoms. The van der Waals surface area contributed by atoms with Crippen LogP contribution in [0.5, 0.6) is 0 Å². The number of pyridine rings is 1. The van der Waals surface area contributed by atoms with Crippen molar-refractivity contribution in [2.45, 2.75) is 26.8 Å². The van der Waals surface area contributed by atoms with Crippen molar-refractivity contribution in [3.05, 3.63) is 42.0 Å². The minimum Gasteiger partial charge on any atom is -0.377 e. The maximum absolute atomic E-state index is 5.62. The number of aromatic nitrogens is 6. The molecule has 1 aliphatic heterocycles. The van der Waals surface area contributed by atoms with E-state index in [0.29, 0.717) is 19.0 Å². The van der Waals surface area contributed by atoms with Crippen molar-refractivity contribution < 1.29 is 4.74 Å². The van der Waals surface area contributed by atoms with Gasteiger partial charge in [-0.15, -0.1) is 0 Å². The molecule has 29 heavy (non-hydrogen) atoms. The lowest BCUT2D eigenvalue weighted by molar-refractivity contribution is 0.0985. The van der Waals surface area contributed by atoms with Crippen LogP contribution in [0, 0.1) is 13.8 Å². The number of aryl methyl sites for hydroxylation is 2. The molecule has 0 unspecified atom stereocenters. The van der Waals surface area contributed by atoms with Crippen molar-refractivity contribution in [3.63, 3.8) is 0 Å². The van der Waals surface area contributed by atoms with Gasteiger partial charge in [0, 0.05) is 41.6 Å². The first-order chi connectivity index (χ1) is 14.1. The van der Waals surface area contributed by atoms with Crippen LogP contribution >= 0.6 is 0 Å². The minimum atomic E-state index is 0.246. The standard InChI is InChI=1S/C21H23N7O/c1-12-11-29-9-8-28(12)18-10-17(15-4-6-22-20-16(15)5-7-23-20)24-21(25-18)19-13(2)26-27-14(19)3/h4-7,10,12H,8-9,11H2,1-3H3,(H,22,23)(H,26,27)/t12-/m1/s1. The topological polar surface area (TPSA) is 95.6 Å². The molecule has 0 radical (unpaired) electrons. The lowest BCUT2D eigenvalue weighted by atomic mass is 10.1. The fourth-order valence-corrected chi connectivity index (χ4v) is 3.96. The van der Waals surface area contributed by atoms with Crippen molar-refractivity contribution in [2.75, 3.05) is 24.7 Å². The van der Waals surface area contributed by atoms with Crippen LogP contribution in [0.25, 0.3) is 33.7 Å². The van der Waals surface area contributed by atoms with E-state index in [2.05, 4.69) is 38.1 Å². The molecule has 0 amide bonds. The molecule has 0 saturated carbocycles. The molecule has 5 rings (SSSR count). The monoisotopic (exact) mass is 389 g/mol. The number of nitrogens with one attached hydrogen (secondary N) is 2. The Bertz CT molecular complexity index is 1160. The highest BCUT2D eigenvalue weighted by atomic mass is 16.5. The molecule has 0 bridgehead atoms. The number of hydrogen-bond acceptors (Lipinski definition) is 6. The molecule has 1 aliphatic rings. The molecule has 1 fully saturated rings. The second-order valence-corrected chi connectivity index (χ2v) is 7.46. The Hall–Kier alpha value is -3.26. The molecule has 148 valence electrons. The second-order valence-electron chi connectivity index (χ2n) is 7.46. The zero-order valence-corrected chi connectivity index (χ0v) is 16.7. The van der Waals surface area contributed by atoms with Crippen LogP contribution in [-0.2, 0) is 4.74 Å². The van der Waals surface area contributed by atoms with Crippen LogP contribution in [0.2, 0.25) is 0 Å². The van der Waals surface area contributed by atoms with Gasteiger partial charge in [-0.2, -0.15) is 5.10 Å². The molecule has 0 aromatic carbocycles. The quantitative estimate of drug-likeness (QED) is 0.558. The Labute approximate surface area is 168 Å². The number of morpholine rings is 1. The number of hydrogen-bond donors (Lipinski definition) is 2. The van der Waals surface area contributed by atoms with Crippen molar-refractivity contribution in [1.29, 1.82) is 0 Å². The van der Waals surface area contributed by atoms with E-state index in [1.807, 2.05) is 32.2 Å². The van der Waals surface area contributed by atoms with Gasteiger partial charge in [-0.05, 0) is 32.9 Å². The van der Waals surface area contributed by atoms with Gasteiger partial charge in [0.25, 0.3) is 0 Å². The van der Waals surface area contributed by atoms with Crippen LogP contribution in [-0.4, -0.2) is 55.9 Å². The van der Waals surface area contributed by atoms with Crippen LogP contribution in [0.3, 0.4) is 0 Å². The molecule has 8 heteroatoms. The van der Waals surface area contributed by atoms with Crippen LogP contribution < -0.4 is 4.90 Å². The van der Waals surface area contributed by atoms with Crippen LogP contribution in [0.4, 0.5) is 5.82 Å². The first-order valence-corrected chi connectivity index (χ1v) is 9.79. The molecule has 1 atom stereocenters. The maximum Gasteiger partial charge on any atom is 0.165 e. The molecule has 4 aromatic heterocycles. The summed E-state index contributed by atoms with van der Waals surface area (Å²) in [6, 6.07) is 6.35. The second kappa shape index (κ2) is 6.97. The Balaban J connectivity index is 1.73. The molecule has 4 aromatic rings. The van der Waals surface area contributed by atoms with Gasteiger partial charge >= 0.3 is 0 Å². The Morgan fingerprint density at radius 1 is 1.21 bits per heavy atom. The SMILES string of the molecule is Cc1n[nH]c(C)c1-c1nc(-c2ccnc3[nH]ccc23)cc(N2CCOC[C@H]2C)n1. The lowest BCUT2D eigenvalue weighted by Crippen LogP contribution is -2.44. The summed E-state index contributed by atoms with van der Waals surface area (Å²) >= 11 is 0. The predicted octanol–water partition coefficient (Wildman–Crippen LogP) is 3.25. The molecule has 5 heterocycles. The number of H-pyrrole nitrogens is 2. The number of fused-ring (bicyclic) bond motifs is 1. The number of anilines is 1. The predicted molar refractivity (Wildman–Crippen MR) is 112 cm³/mol. The minimum absolute atomic E-state index is 0.246. The molecule has 8 nitrogen and oxygen atoms in total. The van der Waals surface area contributed by atoms with Crippen LogP contribution in [0.15, 0.2) is 30.6 Å². The van der Waals surface area contributed by atoms with Gasteiger partial charge in [0.15, 0.2) is 5.82 Å². The van der Waals surface area contributed by atoms with E-state index >= 15 is 0 Å². The smallest absolute Gasteiger partial charge is 0.165 e. The van der Waals surface area contributed by atoms with Crippen molar-refractivity contribution >= 4 is 16.9 Å². The van der Waals surface area contributed by atoms with Crippen molar-refractivity contribution in [1.82, 2.24) is 30.1 Å². The fourth-order valence-electron chi connectivity index (χ4n) is 3.96. The summed E-state index contributed by atoms with van der Waals surface area (Å²) in [6.07, 6.45) is 3.71. The van der Waals surface area contributed by atoms with E-state index in [1.165, 1.54) is 0 Å². The molecule has 1 saturated heterocycles. The average molecular weight is 389 g/mol. The van der Waals surface area contributed by atoms with Gasteiger partial charge in [-0.1, -0.05) is 0 Å². The van der Waals surface area contributed by atoms with Gasteiger partial charge in [0.2, 0.25) is 0 Å². The Kier molecular flexibility index (Phi) is 4.28. The Morgan fingerprint density at radius 2 is 2.10 bits per heavy atom. The van der Waals surface area contributed by atoms with E-state index in [9.17, 15) is 0 Å². The number of aromatic amines is 2. The first-order valence-electron chi connectivity index (χ1n) is 9.79. The highest BCUT2D eigenvalue weighted by Crippen LogP contribution is 2.32. The van der Waals surface area contributed by atoms with Crippen molar-refractivity contribution in [3.8, 4) is 22.6 Å². The van der Waals surface area contributed by atoms with Crippen LogP contribution in [0.1, 0.15) is 18.3 Å². The van der Waals surface area contributed by atoms with Gasteiger partial charge in [0.1, 0.15) is 11.5 Å². The number of rotatable bonds is 3. The summed E-state index contributed by atoms with van der Waals surface area (Å²) < 4.78 is 5.62. The molecule has 2 N–H and O–H groups in total. The molecular weight excluding hydrogens is 366 g/mol. The third-order valence-corrected chi connectivity index (χ3v) is 5.46. The van der Waals surface area contributed by atoms with E-state index in [4.69, 9.17) is 14.7 Å². The first kappa shape index (κ1) is 17.8. The summed E-state index contributed by atoms with van der Waals surface area (Å²) in [6.45, 7) is 8.32. The zero-order chi connectivity index (χ0) is 20.0. The summed E-state index contributed by atoms with van der Waals surface area (Å²) in [4.78, 5) is 19.8. The lowest BCUT2D eigenvalue weighted by Gasteiger charge is -2.34. The highest BCUT2D eigenvalue weighted by Gasteiger charge is 2.23. The van der Waals surface area contributed by atoms with E-state index < -0.39 is 0 Å². The number of ether oxygens (including phenoxy) is 1. The van der Waals surface area contributed by atoms with Gasteiger partial charge < -0.3 is 14.6 Å². The Morgan fingerprint density at radius 3 is 2.90 bits per heavy atom. The van der Waals surface area contributed by atoms with Crippen molar-refractivity contribution in [2.24, 2.45) is 0 Å². The third-order valence-electron chi connectivity index (χ3n) is 5.46. The molecular formula is C21H23N7O. The van der Waals surface area contributed by atoms with E-state index in [0.717, 1.165) is 51.6 Å². The highest BCUT2D eigenvalue weighted by molar-refractivity contribution is 5.92. The van der Waals surface area contributed by atoms with E-state index in [1.54, 1.807) is 6.20 Å². The maximum atomic E-state index is 5.62. The van der Waals surface area contributed by atoms with E-state index in [-0.39, 0.29) is 6.04 Å². The third kappa shape index (κ3) is 3.05. The van der Waals surface area contributed by atoms with Gasteiger partial charge in [-0.3, -0.25) is 5.10 Å². The summed E-state index contributed by atoms with van der Waals surface area (Å²) in [5.74, 6) is 1.58. The fraction of sp³-hybridized carbons (Fsp3) is 0.333. The van der Waals surface area contributed by atoms with Gasteiger partial charge in [0.05, 0.1) is 36.2 Å². The normalized spacial score (nSPS) is 17.2. The average Bonchev–Trinajstić information content (AvgIpc) is 3.34. The summed E-state index contributed by atoms with van der Waals surface area (Å²) in [5, 5.41) is 8.43. The van der Waals surface area contributed by atoms with Gasteiger partial charge in [-0.25, -0.2) is 15.0 Å². The number of nitrogens with zero attached hydrogens (tertiary/aromatic N) is 5. The molecule has 0 aliphatic carbocycles.